The second kappa shape index (κ2) is 6.43. The van der Waals surface area contributed by atoms with Crippen LogP contribution in [0.3, 0.4) is 0 Å². The van der Waals surface area contributed by atoms with E-state index in [9.17, 15) is 0 Å². The van der Waals surface area contributed by atoms with Crippen LogP contribution in [0.4, 0.5) is 0 Å². The van der Waals surface area contributed by atoms with Crippen LogP contribution in [0.5, 0.6) is 5.75 Å². The van der Waals surface area contributed by atoms with Crippen LogP contribution in [-0.2, 0) is 0 Å². The van der Waals surface area contributed by atoms with E-state index in [1.165, 1.54) is 12.8 Å². The third-order valence-electron chi connectivity index (χ3n) is 2.23. The van der Waals surface area contributed by atoms with E-state index < -0.39 is 0 Å². The number of benzene rings is 1. The van der Waals surface area contributed by atoms with Gasteiger partial charge in [0.15, 0.2) is 0 Å². The first-order chi connectivity index (χ1) is 7.69. The number of nitrogens with one attached hydrogen (secondary N) is 1. The maximum Gasteiger partial charge on any atom is 0.123 e. The Bertz CT molecular complexity index is 366. The summed E-state index contributed by atoms with van der Waals surface area (Å²) >= 11 is 1.73. The normalized spacial score (nSPS) is 10.1. The van der Waals surface area contributed by atoms with Gasteiger partial charge in [-0.2, -0.15) is 0 Å². The first kappa shape index (κ1) is 12.9. The molecule has 1 aromatic rings. The summed E-state index contributed by atoms with van der Waals surface area (Å²) in [5, 5.41) is 7.51. The summed E-state index contributed by atoms with van der Waals surface area (Å²) in [6.45, 7) is 2.16. The first-order valence-corrected chi connectivity index (χ1v) is 6.32. The summed E-state index contributed by atoms with van der Waals surface area (Å²) in [4.78, 5) is 1.03. The van der Waals surface area contributed by atoms with Gasteiger partial charge in [-0.15, -0.1) is 11.8 Å². The van der Waals surface area contributed by atoms with Crippen LogP contribution in [0.25, 0.3) is 0 Å². The Hall–Kier alpha value is -1.16. The van der Waals surface area contributed by atoms with E-state index >= 15 is 0 Å². The molecule has 3 nitrogen and oxygen atoms in total. The number of nitrogen functional groups attached to an aromatic ring is 1. The lowest BCUT2D eigenvalue weighted by Gasteiger charge is -2.09. The van der Waals surface area contributed by atoms with Gasteiger partial charge in [0.1, 0.15) is 11.6 Å². The summed E-state index contributed by atoms with van der Waals surface area (Å²) in [5.74, 6) is 1.97. The predicted octanol–water partition coefficient (Wildman–Crippen LogP) is 2.87. The molecule has 1 rings (SSSR count). The summed E-state index contributed by atoms with van der Waals surface area (Å²) in [6, 6.07) is 5.62. The second-order valence-electron chi connectivity index (χ2n) is 3.48. The van der Waals surface area contributed by atoms with E-state index in [-0.39, 0.29) is 5.84 Å². The third-order valence-corrected chi connectivity index (χ3v) is 3.38. The molecular formula is C12H18N2OS. The van der Waals surface area contributed by atoms with Crippen molar-refractivity contribution in [3.05, 3.63) is 23.8 Å². The molecule has 0 aromatic heterocycles. The smallest absolute Gasteiger partial charge is 0.123 e. The number of thioether (sulfide) groups is 1. The van der Waals surface area contributed by atoms with Gasteiger partial charge in [0.25, 0.3) is 0 Å². The molecule has 0 unspecified atom stereocenters. The fourth-order valence-corrected chi connectivity index (χ4v) is 2.48. The number of hydrogen-bond acceptors (Lipinski definition) is 3. The number of methoxy groups -OCH3 is 1. The zero-order valence-corrected chi connectivity index (χ0v) is 10.6. The quantitative estimate of drug-likeness (QED) is 0.347. The summed E-state index contributed by atoms with van der Waals surface area (Å²) in [6.07, 6.45) is 2.34. The van der Waals surface area contributed by atoms with Crippen molar-refractivity contribution in [2.45, 2.75) is 24.7 Å². The van der Waals surface area contributed by atoms with E-state index in [1.807, 2.05) is 18.2 Å². The lowest BCUT2D eigenvalue weighted by molar-refractivity contribution is 0.413. The molecule has 0 saturated heterocycles. The third kappa shape index (κ3) is 3.45. The minimum Gasteiger partial charge on any atom is -0.497 e. The molecule has 0 fully saturated rings. The lowest BCUT2D eigenvalue weighted by atomic mass is 10.2. The van der Waals surface area contributed by atoms with Gasteiger partial charge in [0, 0.05) is 10.5 Å². The van der Waals surface area contributed by atoms with Gasteiger partial charge in [-0.1, -0.05) is 13.3 Å². The molecular weight excluding hydrogens is 220 g/mol. The number of unbranched alkanes of at least 4 members (excludes halogenated alkanes) is 1. The van der Waals surface area contributed by atoms with Crippen molar-refractivity contribution in [2.75, 3.05) is 12.9 Å². The van der Waals surface area contributed by atoms with Crippen LogP contribution in [-0.4, -0.2) is 18.7 Å². The van der Waals surface area contributed by atoms with Gasteiger partial charge in [-0.05, 0) is 30.4 Å². The Labute approximate surface area is 101 Å². The molecule has 0 bridgehead atoms. The summed E-state index contributed by atoms with van der Waals surface area (Å²) < 4.78 is 5.17. The van der Waals surface area contributed by atoms with Crippen molar-refractivity contribution < 1.29 is 4.74 Å². The van der Waals surface area contributed by atoms with Gasteiger partial charge in [0.2, 0.25) is 0 Å². The van der Waals surface area contributed by atoms with E-state index in [2.05, 4.69) is 6.92 Å². The lowest BCUT2D eigenvalue weighted by Crippen LogP contribution is -2.12. The molecule has 4 heteroatoms. The zero-order valence-electron chi connectivity index (χ0n) is 9.75. The van der Waals surface area contributed by atoms with Crippen LogP contribution in [0.1, 0.15) is 25.3 Å². The molecule has 0 amide bonds. The zero-order chi connectivity index (χ0) is 12.0. The van der Waals surface area contributed by atoms with E-state index in [0.29, 0.717) is 0 Å². The number of rotatable bonds is 6. The molecule has 1 aromatic carbocycles. The van der Waals surface area contributed by atoms with Crippen molar-refractivity contribution >= 4 is 17.6 Å². The maximum atomic E-state index is 7.51. The molecule has 0 atom stereocenters. The molecule has 0 radical (unpaired) electrons. The first-order valence-electron chi connectivity index (χ1n) is 5.34. The van der Waals surface area contributed by atoms with Crippen molar-refractivity contribution in [3.63, 3.8) is 0 Å². The Kier molecular flexibility index (Phi) is 5.19. The number of amidine groups is 1. The van der Waals surface area contributed by atoms with Crippen LogP contribution >= 0.6 is 11.8 Å². The van der Waals surface area contributed by atoms with Crippen LogP contribution in [0.15, 0.2) is 23.1 Å². The van der Waals surface area contributed by atoms with Gasteiger partial charge in [-0.25, -0.2) is 0 Å². The minimum absolute atomic E-state index is 0.113. The molecule has 0 heterocycles. The SMILES string of the molecule is CCCCSc1cc(OC)ccc1C(=N)N. The van der Waals surface area contributed by atoms with Crippen LogP contribution < -0.4 is 10.5 Å². The largest absolute Gasteiger partial charge is 0.497 e. The number of nitrogens with two attached hydrogens (primary N) is 1. The average molecular weight is 238 g/mol. The fraction of sp³-hybridized carbons (Fsp3) is 0.417. The summed E-state index contributed by atoms with van der Waals surface area (Å²) in [5.41, 5.74) is 6.33. The van der Waals surface area contributed by atoms with Crippen molar-refractivity contribution in [3.8, 4) is 5.75 Å². The highest BCUT2D eigenvalue weighted by molar-refractivity contribution is 7.99. The second-order valence-corrected chi connectivity index (χ2v) is 4.61. The maximum absolute atomic E-state index is 7.51. The van der Waals surface area contributed by atoms with Gasteiger partial charge < -0.3 is 10.5 Å². The standard InChI is InChI=1S/C12H18N2OS/c1-3-4-7-16-11-8-9(15-2)5-6-10(11)12(13)14/h5-6,8H,3-4,7H2,1-2H3,(H3,13,14). The molecule has 0 saturated carbocycles. The summed E-state index contributed by atoms with van der Waals surface area (Å²) in [7, 11) is 1.64. The fourth-order valence-electron chi connectivity index (χ4n) is 1.30. The topological polar surface area (TPSA) is 59.1 Å². The minimum atomic E-state index is 0.113. The highest BCUT2D eigenvalue weighted by Gasteiger charge is 2.07. The van der Waals surface area contributed by atoms with Crippen molar-refractivity contribution in [2.24, 2.45) is 5.73 Å². The molecule has 88 valence electrons. The Balaban J connectivity index is 2.87. The molecule has 0 aliphatic rings. The van der Waals surface area contributed by atoms with Gasteiger partial charge in [-0.3, -0.25) is 5.41 Å². The molecule has 0 aliphatic carbocycles. The average Bonchev–Trinajstić information content (AvgIpc) is 2.29. The predicted molar refractivity (Wildman–Crippen MR) is 69.6 cm³/mol. The van der Waals surface area contributed by atoms with Gasteiger partial charge in [0.05, 0.1) is 7.11 Å². The van der Waals surface area contributed by atoms with Crippen molar-refractivity contribution in [1.29, 1.82) is 5.41 Å². The number of hydrogen-bond donors (Lipinski definition) is 2. The van der Waals surface area contributed by atoms with Crippen LogP contribution in [0.2, 0.25) is 0 Å². The van der Waals surface area contributed by atoms with E-state index in [4.69, 9.17) is 15.9 Å². The van der Waals surface area contributed by atoms with Gasteiger partial charge >= 0.3 is 0 Å². The van der Waals surface area contributed by atoms with E-state index in [0.717, 1.165) is 22.0 Å². The molecule has 0 aliphatic heterocycles. The Morgan fingerprint density at radius 2 is 2.25 bits per heavy atom. The Morgan fingerprint density at radius 1 is 1.50 bits per heavy atom. The van der Waals surface area contributed by atoms with Crippen molar-refractivity contribution in [1.82, 2.24) is 0 Å². The Morgan fingerprint density at radius 3 is 2.81 bits per heavy atom. The van der Waals surface area contributed by atoms with E-state index in [1.54, 1.807) is 18.9 Å². The highest BCUT2D eigenvalue weighted by atomic mass is 32.2. The number of ether oxygens (including phenoxy) is 1. The highest BCUT2D eigenvalue weighted by Crippen LogP contribution is 2.27. The molecule has 3 N–H and O–H groups in total. The van der Waals surface area contributed by atoms with Crippen LogP contribution in [0, 0.1) is 5.41 Å². The molecule has 0 spiro atoms. The monoisotopic (exact) mass is 238 g/mol. The molecule has 16 heavy (non-hydrogen) atoms.